The van der Waals surface area contributed by atoms with Gasteiger partial charge in [0.05, 0.1) is 12.0 Å². The topological polar surface area (TPSA) is 32.3 Å². The van der Waals surface area contributed by atoms with Gasteiger partial charge in [-0.3, -0.25) is 9.69 Å². The Bertz CT molecular complexity index is 820. The molecule has 150 valence electrons. The van der Waals surface area contributed by atoms with Crippen molar-refractivity contribution in [3.8, 4) is 0 Å². The van der Waals surface area contributed by atoms with Gasteiger partial charge in [-0.2, -0.15) is 0 Å². The number of nitrogens with one attached hydrogen (secondary N) is 1. The summed E-state index contributed by atoms with van der Waals surface area (Å²) in [4.78, 5) is 15.4. The number of likely N-dealkylation sites (tertiary alicyclic amines) is 1. The Kier molecular flexibility index (Phi) is 7.14. The third-order valence-corrected chi connectivity index (χ3v) is 6.12. The van der Waals surface area contributed by atoms with Crippen molar-refractivity contribution in [3.05, 3.63) is 69.7 Å². The number of hydrogen-bond acceptors (Lipinski definition) is 2. The van der Waals surface area contributed by atoms with Crippen LogP contribution in [0.2, 0.25) is 5.02 Å². The first-order valence-corrected chi connectivity index (χ1v) is 10.7. The fraction of sp³-hybridized carbons (Fsp3) is 0.458. The number of rotatable bonds is 6. The maximum Gasteiger partial charge on any atom is 0.224 e. The van der Waals surface area contributed by atoms with Gasteiger partial charge in [-0.05, 0) is 62.4 Å². The number of aryl methyl sites for hydroxylation is 2. The minimum atomic E-state index is 0.0380. The molecule has 2 unspecified atom stereocenters. The third-order valence-electron chi connectivity index (χ3n) is 5.75. The summed E-state index contributed by atoms with van der Waals surface area (Å²) in [6, 6.07) is 14.5. The zero-order valence-corrected chi connectivity index (χ0v) is 17.9. The van der Waals surface area contributed by atoms with Gasteiger partial charge in [0.25, 0.3) is 0 Å². The third kappa shape index (κ3) is 5.15. The van der Waals surface area contributed by atoms with Crippen LogP contribution in [0, 0.1) is 19.8 Å². The molecule has 1 heterocycles. The molecule has 0 radical (unpaired) electrons. The number of piperidine rings is 1. The normalized spacial score (nSPS) is 18.6. The van der Waals surface area contributed by atoms with Gasteiger partial charge in [0, 0.05) is 18.1 Å². The van der Waals surface area contributed by atoms with Crippen LogP contribution in [0.3, 0.4) is 0 Å². The summed E-state index contributed by atoms with van der Waals surface area (Å²) in [7, 11) is 0. The van der Waals surface area contributed by atoms with Gasteiger partial charge < -0.3 is 5.32 Å². The Morgan fingerprint density at radius 2 is 2.04 bits per heavy atom. The highest BCUT2D eigenvalue weighted by Crippen LogP contribution is 2.25. The average Bonchev–Trinajstić information content (AvgIpc) is 2.68. The number of nitrogens with zero attached hydrogens (tertiary/aromatic N) is 1. The van der Waals surface area contributed by atoms with E-state index in [0.29, 0.717) is 0 Å². The molecule has 4 heteroatoms. The zero-order chi connectivity index (χ0) is 20.1. The standard InChI is InChI=1S/C24H31ClN2O/c1-4-23(21-12-11-17(2)14-18(21)3)26-24(28)20-9-7-13-27(16-20)15-19-8-5-6-10-22(19)25/h5-6,8,10-12,14,20,23H,4,7,9,13,15-16H2,1-3H3,(H,26,28). The van der Waals surface area contributed by atoms with Crippen molar-refractivity contribution in [2.75, 3.05) is 13.1 Å². The molecule has 2 atom stereocenters. The summed E-state index contributed by atoms with van der Waals surface area (Å²) < 4.78 is 0. The highest BCUT2D eigenvalue weighted by Gasteiger charge is 2.27. The number of carbonyl (C=O) groups excluding carboxylic acids is 1. The Morgan fingerprint density at radius 3 is 2.75 bits per heavy atom. The van der Waals surface area contributed by atoms with Crippen LogP contribution in [-0.4, -0.2) is 23.9 Å². The van der Waals surface area contributed by atoms with E-state index in [1.807, 2.05) is 18.2 Å². The molecule has 0 aromatic heterocycles. The van der Waals surface area contributed by atoms with Gasteiger partial charge in [0.15, 0.2) is 0 Å². The van der Waals surface area contributed by atoms with Crippen LogP contribution in [0.15, 0.2) is 42.5 Å². The van der Waals surface area contributed by atoms with E-state index >= 15 is 0 Å². The fourth-order valence-corrected chi connectivity index (χ4v) is 4.38. The van der Waals surface area contributed by atoms with Gasteiger partial charge in [0.2, 0.25) is 5.91 Å². The Labute approximate surface area is 174 Å². The van der Waals surface area contributed by atoms with E-state index in [-0.39, 0.29) is 17.9 Å². The van der Waals surface area contributed by atoms with E-state index in [1.165, 1.54) is 16.7 Å². The first-order chi connectivity index (χ1) is 13.5. The smallest absolute Gasteiger partial charge is 0.224 e. The van der Waals surface area contributed by atoms with E-state index in [4.69, 9.17) is 11.6 Å². The van der Waals surface area contributed by atoms with Crippen molar-refractivity contribution < 1.29 is 4.79 Å². The second kappa shape index (κ2) is 9.58. The van der Waals surface area contributed by atoms with E-state index in [2.05, 4.69) is 55.3 Å². The lowest BCUT2D eigenvalue weighted by Crippen LogP contribution is -2.43. The van der Waals surface area contributed by atoms with Gasteiger partial charge in [-0.1, -0.05) is 60.5 Å². The summed E-state index contributed by atoms with van der Waals surface area (Å²) in [5.41, 5.74) is 4.86. The summed E-state index contributed by atoms with van der Waals surface area (Å²) in [6.07, 6.45) is 2.89. The second-order valence-electron chi connectivity index (χ2n) is 8.00. The molecule has 1 N–H and O–H groups in total. The molecule has 1 fully saturated rings. The molecule has 2 aromatic carbocycles. The van der Waals surface area contributed by atoms with Gasteiger partial charge in [-0.15, -0.1) is 0 Å². The van der Waals surface area contributed by atoms with E-state index < -0.39 is 0 Å². The molecule has 2 aromatic rings. The fourth-order valence-electron chi connectivity index (χ4n) is 4.19. The van der Waals surface area contributed by atoms with Crippen molar-refractivity contribution in [1.82, 2.24) is 10.2 Å². The summed E-state index contributed by atoms with van der Waals surface area (Å²) >= 11 is 6.32. The molecule has 0 saturated carbocycles. The van der Waals surface area contributed by atoms with Crippen molar-refractivity contribution >= 4 is 17.5 Å². The summed E-state index contributed by atoms with van der Waals surface area (Å²) in [6.45, 7) is 8.98. The molecule has 0 aliphatic carbocycles. The highest BCUT2D eigenvalue weighted by molar-refractivity contribution is 6.31. The highest BCUT2D eigenvalue weighted by atomic mass is 35.5. The Hall–Kier alpha value is -1.84. The molecule has 0 spiro atoms. The molecule has 1 aliphatic heterocycles. The van der Waals surface area contributed by atoms with E-state index in [1.54, 1.807) is 0 Å². The monoisotopic (exact) mass is 398 g/mol. The molecule has 1 amide bonds. The lowest BCUT2D eigenvalue weighted by molar-refractivity contribution is -0.127. The minimum absolute atomic E-state index is 0.0380. The first kappa shape index (κ1) is 20.9. The van der Waals surface area contributed by atoms with Crippen LogP contribution in [0.5, 0.6) is 0 Å². The molecule has 0 bridgehead atoms. The largest absolute Gasteiger partial charge is 0.349 e. The lowest BCUT2D eigenvalue weighted by Gasteiger charge is -2.33. The Balaban J connectivity index is 1.63. The van der Waals surface area contributed by atoms with Crippen LogP contribution in [0.1, 0.15) is 54.5 Å². The SMILES string of the molecule is CCC(NC(=O)C1CCCN(Cc2ccccc2Cl)C1)c1ccc(C)cc1C. The van der Waals surface area contributed by atoms with Crippen molar-refractivity contribution in [2.24, 2.45) is 5.92 Å². The number of hydrogen-bond donors (Lipinski definition) is 1. The predicted octanol–water partition coefficient (Wildman–Crippen LogP) is 5.44. The second-order valence-corrected chi connectivity index (χ2v) is 8.40. The van der Waals surface area contributed by atoms with Gasteiger partial charge >= 0.3 is 0 Å². The van der Waals surface area contributed by atoms with Crippen LogP contribution in [0.25, 0.3) is 0 Å². The average molecular weight is 399 g/mol. The first-order valence-electron chi connectivity index (χ1n) is 10.3. The van der Waals surface area contributed by atoms with E-state index in [9.17, 15) is 4.79 Å². The molecule has 1 saturated heterocycles. The van der Waals surface area contributed by atoms with Crippen LogP contribution in [0.4, 0.5) is 0 Å². The number of benzene rings is 2. The predicted molar refractivity (Wildman–Crippen MR) is 117 cm³/mol. The Morgan fingerprint density at radius 1 is 1.25 bits per heavy atom. The molecule has 3 nitrogen and oxygen atoms in total. The molecule has 28 heavy (non-hydrogen) atoms. The van der Waals surface area contributed by atoms with Crippen LogP contribution >= 0.6 is 11.6 Å². The molecule has 1 aliphatic rings. The van der Waals surface area contributed by atoms with Crippen LogP contribution in [-0.2, 0) is 11.3 Å². The van der Waals surface area contributed by atoms with Crippen molar-refractivity contribution in [3.63, 3.8) is 0 Å². The molecule has 3 rings (SSSR count). The van der Waals surface area contributed by atoms with Crippen molar-refractivity contribution in [2.45, 2.75) is 52.6 Å². The van der Waals surface area contributed by atoms with Gasteiger partial charge in [-0.25, -0.2) is 0 Å². The summed E-state index contributed by atoms with van der Waals surface area (Å²) in [5.74, 6) is 0.215. The van der Waals surface area contributed by atoms with Gasteiger partial charge in [0.1, 0.15) is 0 Å². The number of carbonyl (C=O) groups is 1. The maximum atomic E-state index is 13.0. The quantitative estimate of drug-likeness (QED) is 0.702. The van der Waals surface area contributed by atoms with Crippen molar-refractivity contribution in [1.29, 1.82) is 0 Å². The number of halogens is 1. The molecular formula is C24H31ClN2O. The van der Waals surface area contributed by atoms with E-state index in [0.717, 1.165) is 49.5 Å². The zero-order valence-electron chi connectivity index (χ0n) is 17.2. The summed E-state index contributed by atoms with van der Waals surface area (Å²) in [5, 5.41) is 4.12. The minimum Gasteiger partial charge on any atom is -0.349 e. The lowest BCUT2D eigenvalue weighted by atomic mass is 9.94. The maximum absolute atomic E-state index is 13.0. The molecular weight excluding hydrogens is 368 g/mol. The number of amides is 1. The van der Waals surface area contributed by atoms with Crippen LogP contribution < -0.4 is 5.32 Å².